The first-order valence-corrected chi connectivity index (χ1v) is 6.04. The molecule has 2 rings (SSSR count). The topological polar surface area (TPSA) is 73.3 Å². The number of primary amides is 1. The summed E-state index contributed by atoms with van der Waals surface area (Å²) in [7, 11) is 0. The smallest absolute Gasteiger partial charge is 0.281 e. The van der Waals surface area contributed by atoms with Crippen LogP contribution in [0.4, 0.5) is 4.79 Å². The Bertz CT molecular complexity index is 643. The summed E-state index contributed by atoms with van der Waals surface area (Å²) >= 11 is 0.706. The standard InChI is InChI=1S/C13H11NO3S/c1-8-4-10-3-2-9(6-12(10)17-8)5-11(7-15)18-13(14)16/h2-7H,1H3,(H2,14,16)/b11-5-. The molecular weight excluding hydrogens is 250 g/mol. The first-order valence-electron chi connectivity index (χ1n) is 5.23. The summed E-state index contributed by atoms with van der Waals surface area (Å²) in [6.07, 6.45) is 2.20. The second-order valence-corrected chi connectivity index (χ2v) is 4.82. The molecule has 0 spiro atoms. The van der Waals surface area contributed by atoms with Gasteiger partial charge in [0.2, 0.25) is 0 Å². The van der Waals surface area contributed by atoms with Crippen molar-refractivity contribution in [2.45, 2.75) is 6.92 Å². The number of carbonyl (C=O) groups is 2. The number of amides is 1. The van der Waals surface area contributed by atoms with Crippen LogP contribution >= 0.6 is 11.8 Å². The van der Waals surface area contributed by atoms with Crippen LogP contribution in [0, 0.1) is 6.92 Å². The molecule has 0 aliphatic rings. The van der Waals surface area contributed by atoms with Crippen LogP contribution in [0.2, 0.25) is 0 Å². The van der Waals surface area contributed by atoms with Crippen molar-refractivity contribution >= 4 is 40.3 Å². The van der Waals surface area contributed by atoms with Gasteiger partial charge in [0.05, 0.1) is 4.91 Å². The first kappa shape index (κ1) is 12.4. The fourth-order valence-corrected chi connectivity index (χ4v) is 2.11. The summed E-state index contributed by atoms with van der Waals surface area (Å²) in [6, 6.07) is 7.49. The molecule has 1 amide bonds. The highest BCUT2D eigenvalue weighted by Crippen LogP contribution is 2.23. The van der Waals surface area contributed by atoms with E-state index in [4.69, 9.17) is 10.2 Å². The number of furan rings is 1. The Balaban J connectivity index is 2.37. The van der Waals surface area contributed by atoms with Gasteiger partial charge in [-0.15, -0.1) is 0 Å². The molecule has 0 saturated carbocycles. The van der Waals surface area contributed by atoms with Crippen molar-refractivity contribution in [2.24, 2.45) is 5.73 Å². The number of benzene rings is 1. The summed E-state index contributed by atoms with van der Waals surface area (Å²) in [6.45, 7) is 1.87. The number of carbonyl (C=O) groups excluding carboxylic acids is 2. The van der Waals surface area contributed by atoms with Crippen LogP contribution in [0.5, 0.6) is 0 Å². The Hall–Kier alpha value is -2.01. The molecule has 0 bridgehead atoms. The molecule has 18 heavy (non-hydrogen) atoms. The zero-order valence-corrected chi connectivity index (χ0v) is 10.5. The molecule has 0 aliphatic heterocycles. The van der Waals surface area contributed by atoms with E-state index >= 15 is 0 Å². The van der Waals surface area contributed by atoms with E-state index in [2.05, 4.69) is 0 Å². The van der Waals surface area contributed by atoms with Gasteiger partial charge in [0.25, 0.3) is 5.24 Å². The molecule has 4 nitrogen and oxygen atoms in total. The van der Waals surface area contributed by atoms with Gasteiger partial charge >= 0.3 is 0 Å². The third-order valence-electron chi connectivity index (χ3n) is 2.31. The van der Waals surface area contributed by atoms with Gasteiger partial charge in [-0.2, -0.15) is 0 Å². The van der Waals surface area contributed by atoms with Crippen molar-refractivity contribution < 1.29 is 14.0 Å². The predicted molar refractivity (Wildman–Crippen MR) is 72.2 cm³/mol. The number of aryl methyl sites for hydroxylation is 1. The van der Waals surface area contributed by atoms with Gasteiger partial charge in [-0.25, -0.2) is 0 Å². The first-order chi connectivity index (χ1) is 8.58. The molecule has 1 heterocycles. The highest BCUT2D eigenvalue weighted by atomic mass is 32.2. The van der Waals surface area contributed by atoms with Crippen LogP contribution in [-0.2, 0) is 4.79 Å². The summed E-state index contributed by atoms with van der Waals surface area (Å²) in [4.78, 5) is 21.8. The highest BCUT2D eigenvalue weighted by Gasteiger charge is 2.04. The number of hydrogen-bond acceptors (Lipinski definition) is 4. The molecule has 2 N–H and O–H groups in total. The quantitative estimate of drug-likeness (QED) is 0.680. The summed E-state index contributed by atoms with van der Waals surface area (Å²) in [5.41, 5.74) is 6.55. The lowest BCUT2D eigenvalue weighted by molar-refractivity contribution is -0.104. The molecule has 2 aromatic rings. The maximum absolute atomic E-state index is 10.8. The van der Waals surface area contributed by atoms with E-state index in [1.165, 1.54) is 0 Å². The lowest BCUT2D eigenvalue weighted by Crippen LogP contribution is -2.02. The number of fused-ring (bicyclic) bond motifs is 1. The van der Waals surface area contributed by atoms with E-state index in [0.29, 0.717) is 18.0 Å². The average molecular weight is 261 g/mol. The predicted octanol–water partition coefficient (Wildman–Crippen LogP) is 3.09. The van der Waals surface area contributed by atoms with Crippen molar-refractivity contribution in [1.82, 2.24) is 0 Å². The van der Waals surface area contributed by atoms with E-state index in [-0.39, 0.29) is 4.91 Å². The van der Waals surface area contributed by atoms with Gasteiger partial charge in [0.15, 0.2) is 6.29 Å². The van der Waals surface area contributed by atoms with Gasteiger partial charge in [-0.3, -0.25) is 9.59 Å². The Kier molecular flexibility index (Phi) is 3.53. The lowest BCUT2D eigenvalue weighted by atomic mass is 10.1. The third kappa shape index (κ3) is 2.81. The number of allylic oxidation sites excluding steroid dienone is 1. The van der Waals surface area contributed by atoms with Gasteiger partial charge < -0.3 is 10.2 Å². The normalized spacial score (nSPS) is 11.7. The number of hydrogen-bond donors (Lipinski definition) is 1. The van der Waals surface area contributed by atoms with Gasteiger partial charge in [0.1, 0.15) is 11.3 Å². The van der Waals surface area contributed by atoms with E-state index in [9.17, 15) is 9.59 Å². The molecule has 0 atom stereocenters. The number of aldehydes is 1. The van der Waals surface area contributed by atoms with Crippen molar-refractivity contribution in [2.75, 3.05) is 0 Å². The van der Waals surface area contributed by atoms with Crippen molar-refractivity contribution in [1.29, 1.82) is 0 Å². The fourth-order valence-electron chi connectivity index (χ4n) is 1.64. The molecule has 92 valence electrons. The fraction of sp³-hybridized carbons (Fsp3) is 0.0769. The maximum atomic E-state index is 10.8. The lowest BCUT2D eigenvalue weighted by Gasteiger charge is -1.97. The second kappa shape index (κ2) is 5.10. The number of thioether (sulfide) groups is 1. The average Bonchev–Trinajstić information content (AvgIpc) is 2.67. The van der Waals surface area contributed by atoms with Crippen molar-refractivity contribution in [3.05, 3.63) is 40.5 Å². The Morgan fingerprint density at radius 3 is 2.83 bits per heavy atom. The summed E-state index contributed by atoms with van der Waals surface area (Å²) < 4.78 is 5.49. The molecule has 0 radical (unpaired) electrons. The van der Waals surface area contributed by atoms with Crippen LogP contribution in [0.3, 0.4) is 0 Å². The number of rotatable bonds is 3. The Morgan fingerprint density at radius 1 is 1.39 bits per heavy atom. The van der Waals surface area contributed by atoms with Crippen LogP contribution < -0.4 is 5.73 Å². The van der Waals surface area contributed by atoms with Gasteiger partial charge in [-0.1, -0.05) is 12.1 Å². The molecule has 0 aliphatic carbocycles. The summed E-state index contributed by atoms with van der Waals surface area (Å²) in [5.74, 6) is 0.827. The van der Waals surface area contributed by atoms with Gasteiger partial charge in [0, 0.05) is 5.39 Å². The Labute approximate surface area is 108 Å². The molecule has 1 aromatic heterocycles. The molecule has 0 fully saturated rings. The van der Waals surface area contributed by atoms with E-state index in [1.807, 2.05) is 31.2 Å². The minimum absolute atomic E-state index is 0.269. The zero-order chi connectivity index (χ0) is 13.1. The van der Waals surface area contributed by atoms with E-state index < -0.39 is 5.24 Å². The van der Waals surface area contributed by atoms with Crippen LogP contribution in [0.15, 0.2) is 33.6 Å². The van der Waals surface area contributed by atoms with Crippen LogP contribution in [0.25, 0.3) is 17.0 Å². The largest absolute Gasteiger partial charge is 0.461 e. The Morgan fingerprint density at radius 2 is 2.17 bits per heavy atom. The number of nitrogens with two attached hydrogens (primary N) is 1. The molecule has 1 aromatic carbocycles. The molecule has 0 saturated heterocycles. The van der Waals surface area contributed by atoms with Crippen LogP contribution in [-0.4, -0.2) is 11.5 Å². The zero-order valence-electron chi connectivity index (χ0n) is 9.67. The highest BCUT2D eigenvalue weighted by molar-refractivity contribution is 8.17. The SMILES string of the molecule is Cc1cc2ccc(/C=C(/C=O)SC(N)=O)cc2o1. The summed E-state index contributed by atoms with van der Waals surface area (Å²) in [5, 5.41) is 0.392. The minimum atomic E-state index is -0.608. The second-order valence-electron chi connectivity index (χ2n) is 3.74. The maximum Gasteiger partial charge on any atom is 0.281 e. The van der Waals surface area contributed by atoms with Crippen molar-refractivity contribution in [3.8, 4) is 0 Å². The van der Waals surface area contributed by atoms with Crippen LogP contribution in [0.1, 0.15) is 11.3 Å². The van der Waals surface area contributed by atoms with E-state index in [0.717, 1.165) is 22.3 Å². The van der Waals surface area contributed by atoms with E-state index in [1.54, 1.807) is 6.08 Å². The van der Waals surface area contributed by atoms with Crippen molar-refractivity contribution in [3.63, 3.8) is 0 Å². The monoisotopic (exact) mass is 261 g/mol. The third-order valence-corrected chi connectivity index (χ3v) is 2.96. The van der Waals surface area contributed by atoms with Gasteiger partial charge in [-0.05, 0) is 42.5 Å². The molecular formula is C13H11NO3S. The molecule has 5 heteroatoms. The molecule has 0 unspecified atom stereocenters. The minimum Gasteiger partial charge on any atom is -0.461 e.